The number of nitrogens with one attached hydrogen (secondary N) is 4. The van der Waals surface area contributed by atoms with Crippen molar-refractivity contribution in [2.24, 2.45) is 22.7 Å². The Morgan fingerprint density at radius 1 is 0.739 bits per heavy atom. The molecule has 69 heavy (non-hydrogen) atoms. The topological polar surface area (TPSA) is 263 Å². The van der Waals surface area contributed by atoms with Gasteiger partial charge in [-0.05, 0) is 42.9 Å². The number of hydrogen-bond acceptors (Lipinski definition) is 17. The van der Waals surface area contributed by atoms with Gasteiger partial charge in [0.2, 0.25) is 23.1 Å². The second kappa shape index (κ2) is 35.1. The molecule has 6 heterocycles. The number of thiophene rings is 1. The van der Waals surface area contributed by atoms with Crippen LogP contribution in [0, 0.1) is 24.7 Å². The summed E-state index contributed by atoms with van der Waals surface area (Å²) in [6.07, 6.45) is 3.93. The molecular weight excluding hydrogens is 923 g/mol. The third-order valence-electron chi connectivity index (χ3n) is 8.59. The van der Waals surface area contributed by atoms with Gasteiger partial charge in [-0.3, -0.25) is 19.5 Å². The first-order chi connectivity index (χ1) is 32.1. The molecule has 5 aromatic heterocycles. The Morgan fingerprint density at radius 3 is 1.54 bits per heavy atom. The molecule has 0 atom stereocenters. The highest BCUT2D eigenvalue weighted by Gasteiger charge is 2.12. The second-order valence-corrected chi connectivity index (χ2v) is 19.2. The van der Waals surface area contributed by atoms with E-state index < -0.39 is 0 Å². The zero-order valence-corrected chi connectivity index (χ0v) is 45.8. The molecule has 0 radical (unpaired) electrons. The van der Waals surface area contributed by atoms with E-state index >= 15 is 0 Å². The Morgan fingerprint density at radius 2 is 1.32 bits per heavy atom. The quantitative estimate of drug-likeness (QED) is 0.0763. The zero-order valence-electron chi connectivity index (χ0n) is 44.2. The van der Waals surface area contributed by atoms with E-state index in [4.69, 9.17) is 29.1 Å². The van der Waals surface area contributed by atoms with E-state index in [0.717, 1.165) is 35.1 Å². The molecule has 0 spiro atoms. The van der Waals surface area contributed by atoms with E-state index in [9.17, 15) is 14.4 Å². The van der Waals surface area contributed by atoms with E-state index in [1.54, 1.807) is 36.2 Å². The van der Waals surface area contributed by atoms with Crippen LogP contribution in [0.25, 0.3) is 0 Å². The molecule has 7 N–H and O–H groups in total. The van der Waals surface area contributed by atoms with Crippen LogP contribution in [0.5, 0.6) is 17.2 Å². The Bertz CT molecular complexity index is 2170. The normalized spacial score (nSPS) is 11.1. The molecule has 388 valence electrons. The maximum absolute atomic E-state index is 11.1. The van der Waals surface area contributed by atoms with Gasteiger partial charge in [-0.15, -0.1) is 11.3 Å². The molecule has 0 saturated carbocycles. The maximum Gasteiger partial charge on any atom is 0.240 e. The summed E-state index contributed by atoms with van der Waals surface area (Å²) >= 11 is 2.90. The van der Waals surface area contributed by atoms with Crippen LogP contribution in [-0.4, -0.2) is 71.8 Å². The Kier molecular flexibility index (Phi) is 33.1. The molecule has 0 aliphatic carbocycles. The van der Waals surface area contributed by atoms with Gasteiger partial charge < -0.3 is 39.7 Å². The molecule has 2 amide bonds. The van der Waals surface area contributed by atoms with E-state index in [1.807, 2.05) is 88.3 Å². The first kappa shape index (κ1) is 65.1. The fraction of sp³-hybridized carbons (Fsp3) is 0.551. The molecule has 1 aliphatic heterocycles. The summed E-state index contributed by atoms with van der Waals surface area (Å²) in [5, 5.41) is 45.6. The standard InChI is InChI=1S/C8H10O3.C7H11NO.C7H10OS.C6H10N2O.C6H9NOS.C5H9N3.2C5H11NO/c1-5(2)6-3-11-4-7(9)8(6)10;1-5(2)7-4-6(3)8-9-7;1-5(2)7-3-6(8)4-9-7;1-4(2)6-7-5(3)9-8-6;1-4(2)6-5(8)3-9-7-6;1-4(2)5-6-3-7-8-5;2*1-4(2)5(7)6-3/h3-5,9H,1-2H3;4-5H,1-3H3;3-5,8H,1-2H3;4H,3H2,1-2H3,(H,7,8);3-4,8H,1-2H3;3-4H,1-2H3,(H,6,7,8);2*4H,1-3H3,(H,6,7). The van der Waals surface area contributed by atoms with Gasteiger partial charge in [0.15, 0.2) is 5.75 Å². The number of aromatic nitrogens is 5. The number of aromatic amines is 1. The van der Waals surface area contributed by atoms with Crippen molar-refractivity contribution >= 4 is 40.5 Å². The maximum atomic E-state index is 11.1. The number of carbonyl (C=O) groups excluding carboxylic acids is 2. The highest BCUT2D eigenvalue weighted by Crippen LogP contribution is 2.26. The highest BCUT2D eigenvalue weighted by atomic mass is 32.1. The van der Waals surface area contributed by atoms with E-state index in [-0.39, 0.29) is 40.7 Å². The first-order valence-electron chi connectivity index (χ1n) is 22.7. The minimum Gasteiger partial charge on any atom is -0.507 e. The van der Waals surface area contributed by atoms with Crippen LogP contribution < -0.4 is 21.5 Å². The van der Waals surface area contributed by atoms with E-state index in [1.165, 1.54) is 29.0 Å². The number of amidine groups is 1. The molecular formula is C49H81N9O9S2. The number of rotatable bonds is 8. The first-order valence-corrected chi connectivity index (χ1v) is 24.4. The van der Waals surface area contributed by atoms with Gasteiger partial charge in [0.1, 0.15) is 41.5 Å². The lowest BCUT2D eigenvalue weighted by atomic mass is 10.1. The largest absolute Gasteiger partial charge is 0.507 e. The smallest absolute Gasteiger partial charge is 0.240 e. The molecule has 0 fully saturated rings. The number of carbonyl (C=O) groups is 2. The number of nitrogens with zero attached hydrogens (tertiary/aromatic N) is 5. The number of hydroxylamine groups is 1. The summed E-state index contributed by atoms with van der Waals surface area (Å²) in [4.78, 5) is 45.8. The summed E-state index contributed by atoms with van der Waals surface area (Å²) in [6, 6.07) is 3.78. The van der Waals surface area contributed by atoms with Crippen LogP contribution >= 0.6 is 22.9 Å². The molecule has 18 nitrogen and oxygen atoms in total. The lowest BCUT2D eigenvalue weighted by Gasteiger charge is -2.01. The van der Waals surface area contributed by atoms with Crippen LogP contribution in [0.3, 0.4) is 0 Å². The number of aliphatic imine (C=N–C) groups is 1. The van der Waals surface area contributed by atoms with Gasteiger partial charge in [-0.25, -0.2) is 10.5 Å². The lowest BCUT2D eigenvalue weighted by molar-refractivity contribution is -0.124. The summed E-state index contributed by atoms with van der Waals surface area (Å²) in [5.74, 6) is 6.26. The zero-order chi connectivity index (χ0) is 53.6. The number of aryl methyl sites for hydroxylation is 1. The van der Waals surface area contributed by atoms with Gasteiger partial charge in [0.05, 0.1) is 23.0 Å². The molecule has 0 bridgehead atoms. The SMILES string of the molecule is C=C1N=C(C(C)C)NO1.CC(C)c1cc(O)cs1.CC(C)c1cocc(O)c1=O.CC(C)c1ncn[nH]1.CC(C)c1nscc1O.CNC(=O)C(C)C.CNC(=O)C(C)C.Cc1cc(C(C)C)on1. The van der Waals surface area contributed by atoms with Crippen LogP contribution in [-0.2, 0) is 14.4 Å². The Labute approximate surface area is 417 Å². The number of H-pyrrole nitrogens is 1. The monoisotopic (exact) mass is 1000 g/mol. The molecule has 0 unspecified atom stereocenters. The van der Waals surface area contributed by atoms with Gasteiger partial charge in [0.25, 0.3) is 0 Å². The average Bonchev–Trinajstić information content (AvgIpc) is 4.15. The third kappa shape index (κ3) is 28.8. The van der Waals surface area contributed by atoms with Gasteiger partial charge in [0, 0.05) is 71.5 Å². The van der Waals surface area contributed by atoms with Crippen molar-refractivity contribution in [3.8, 4) is 17.2 Å². The van der Waals surface area contributed by atoms with Crippen molar-refractivity contribution < 1.29 is 38.7 Å². The Balaban J connectivity index is 0. The molecule has 20 heteroatoms. The fourth-order valence-corrected chi connectivity index (χ4v) is 5.85. The predicted molar refractivity (Wildman–Crippen MR) is 278 cm³/mol. The van der Waals surface area contributed by atoms with Crippen LogP contribution in [0.15, 0.2) is 72.9 Å². The van der Waals surface area contributed by atoms with Crippen LogP contribution in [0.2, 0.25) is 0 Å². The second-order valence-electron chi connectivity index (χ2n) is 17.6. The van der Waals surface area contributed by atoms with Crippen molar-refractivity contribution in [3.63, 3.8) is 0 Å². The van der Waals surface area contributed by atoms with Crippen LogP contribution in [0.1, 0.15) is 174 Å². The minimum atomic E-state index is -0.341. The summed E-state index contributed by atoms with van der Waals surface area (Å²) in [5.41, 5.74) is 4.58. The van der Waals surface area contributed by atoms with Crippen molar-refractivity contribution in [1.82, 2.24) is 40.8 Å². The summed E-state index contributed by atoms with van der Waals surface area (Å²) in [6.45, 7) is 37.2. The van der Waals surface area contributed by atoms with Gasteiger partial charge in [-0.1, -0.05) is 116 Å². The fourth-order valence-electron chi connectivity index (χ4n) is 4.38. The lowest BCUT2D eigenvalue weighted by Crippen LogP contribution is -2.22. The van der Waals surface area contributed by atoms with Gasteiger partial charge >= 0.3 is 0 Å². The third-order valence-corrected chi connectivity index (χ3v) is 10.4. The van der Waals surface area contributed by atoms with Crippen molar-refractivity contribution in [2.45, 2.75) is 147 Å². The van der Waals surface area contributed by atoms with E-state index in [2.05, 4.69) is 93.9 Å². The van der Waals surface area contributed by atoms with Gasteiger partial charge in [-0.2, -0.15) is 14.5 Å². The molecule has 0 aromatic carbocycles. The van der Waals surface area contributed by atoms with E-state index in [0.29, 0.717) is 52.5 Å². The highest BCUT2D eigenvalue weighted by molar-refractivity contribution is 7.10. The summed E-state index contributed by atoms with van der Waals surface area (Å²) in [7, 11) is 3.28. The number of hydrogen-bond donors (Lipinski definition) is 7. The average molecular weight is 1000 g/mol. The Hall–Kier alpha value is -6.02. The molecule has 1 aliphatic rings. The summed E-state index contributed by atoms with van der Waals surface area (Å²) < 4.78 is 13.7. The molecule has 5 aromatic rings. The predicted octanol–water partition coefficient (Wildman–Crippen LogP) is 10.9. The number of amides is 2. The van der Waals surface area contributed by atoms with Crippen molar-refractivity contribution in [1.29, 1.82) is 0 Å². The van der Waals surface area contributed by atoms with Crippen molar-refractivity contribution in [3.05, 3.63) is 97.8 Å². The molecule has 0 saturated heterocycles. The van der Waals surface area contributed by atoms with Crippen molar-refractivity contribution in [2.75, 3.05) is 14.1 Å². The molecule has 6 rings (SSSR count). The van der Waals surface area contributed by atoms with Crippen LogP contribution in [0.4, 0.5) is 0 Å². The minimum absolute atomic E-state index is 0.0818. The number of aromatic hydroxyl groups is 3.